The van der Waals surface area contributed by atoms with Crippen LogP contribution in [-0.2, 0) is 57.0 Å². The first kappa shape index (κ1) is 54.3. The molecule has 21 atom stereocenters. The smallest absolute Gasteiger partial charge is 0.308 e. The van der Waals surface area contributed by atoms with Crippen molar-refractivity contribution in [3.63, 3.8) is 0 Å². The van der Waals surface area contributed by atoms with Crippen molar-refractivity contribution in [1.29, 1.82) is 0 Å². The van der Waals surface area contributed by atoms with E-state index in [4.69, 9.17) is 42.6 Å². The van der Waals surface area contributed by atoms with Gasteiger partial charge in [-0.2, -0.15) is 0 Å². The van der Waals surface area contributed by atoms with Crippen molar-refractivity contribution in [2.45, 2.75) is 191 Å². The topological polar surface area (TPSA) is 239 Å². The summed E-state index contributed by atoms with van der Waals surface area (Å²) in [6.07, 6.45) is -8.49. The molecule has 18 nitrogen and oxygen atoms in total. The van der Waals surface area contributed by atoms with Crippen LogP contribution in [0.5, 0.6) is 0 Å². The number of hydrogen-bond donors (Lipinski definition) is 5. The lowest BCUT2D eigenvalue weighted by Gasteiger charge is -2.50. The summed E-state index contributed by atoms with van der Waals surface area (Å²) < 4.78 is 54.7. The van der Waals surface area contributed by atoms with Crippen molar-refractivity contribution in [2.75, 3.05) is 34.9 Å². The molecular formula is C46H77NO17. The molecule has 3 fully saturated rings. The highest BCUT2D eigenvalue weighted by Gasteiger charge is 2.52. The van der Waals surface area contributed by atoms with Gasteiger partial charge in [0.2, 0.25) is 0 Å². The van der Waals surface area contributed by atoms with Crippen LogP contribution in [0.2, 0.25) is 0 Å². The molecule has 0 spiro atoms. The first-order valence-corrected chi connectivity index (χ1v) is 22.7. The Bertz CT molecular complexity index is 1560. The van der Waals surface area contributed by atoms with Crippen molar-refractivity contribution < 1.29 is 82.5 Å². The van der Waals surface area contributed by atoms with Gasteiger partial charge in [-0.1, -0.05) is 38.5 Å². The van der Waals surface area contributed by atoms with Gasteiger partial charge in [0.1, 0.15) is 49.0 Å². The second kappa shape index (κ2) is 24.1. The van der Waals surface area contributed by atoms with Crippen LogP contribution in [-0.4, -0.2) is 187 Å². The third-order valence-corrected chi connectivity index (χ3v) is 13.4. The van der Waals surface area contributed by atoms with Crippen LogP contribution in [0.4, 0.5) is 0 Å². The number of hydrogen-bond acceptors (Lipinski definition) is 18. The molecule has 64 heavy (non-hydrogen) atoms. The lowest BCUT2D eigenvalue weighted by molar-refractivity contribution is -0.341. The monoisotopic (exact) mass is 916 g/mol. The molecule has 368 valence electrons. The Balaban J connectivity index is 1.62. The number of aliphatic hydroxyl groups excluding tert-OH is 4. The van der Waals surface area contributed by atoms with Gasteiger partial charge in [0, 0.05) is 44.8 Å². The zero-order chi connectivity index (χ0) is 47.8. The fourth-order valence-corrected chi connectivity index (χ4v) is 9.51. The molecule has 4 aliphatic heterocycles. The zero-order valence-electron chi connectivity index (χ0n) is 39.7. The summed E-state index contributed by atoms with van der Waals surface area (Å²) in [5.41, 5.74) is -0.806. The molecule has 0 aromatic carbocycles. The highest BCUT2D eigenvalue weighted by atomic mass is 16.7. The van der Waals surface area contributed by atoms with Crippen LogP contribution in [0, 0.1) is 23.7 Å². The Morgan fingerprint density at radius 1 is 0.859 bits per heavy atom. The van der Waals surface area contributed by atoms with Gasteiger partial charge in [-0.05, 0) is 73.5 Å². The van der Waals surface area contributed by atoms with Crippen molar-refractivity contribution in [1.82, 2.24) is 4.90 Å². The number of carbonyl (C=O) groups is 3. The number of carbonyl (C=O) groups excluding carboxylic acids is 3. The van der Waals surface area contributed by atoms with Crippen LogP contribution in [0.1, 0.15) is 87.5 Å². The minimum absolute atomic E-state index is 0.00788. The molecule has 0 unspecified atom stereocenters. The summed E-state index contributed by atoms with van der Waals surface area (Å²) in [4.78, 5) is 41.5. The van der Waals surface area contributed by atoms with Gasteiger partial charge in [0.25, 0.3) is 0 Å². The molecule has 0 saturated carbocycles. The number of ketones is 1. The summed E-state index contributed by atoms with van der Waals surface area (Å²) in [6, 6.07) is -0.748. The molecule has 0 aromatic heterocycles. The summed E-state index contributed by atoms with van der Waals surface area (Å²) in [6.45, 7) is 13.6. The van der Waals surface area contributed by atoms with Gasteiger partial charge in [-0.25, -0.2) is 0 Å². The number of cyclic esters (lactones) is 1. The van der Waals surface area contributed by atoms with E-state index in [9.17, 15) is 39.9 Å². The maximum atomic E-state index is 13.8. The Morgan fingerprint density at radius 2 is 1.52 bits per heavy atom. The fourth-order valence-electron chi connectivity index (χ4n) is 9.51. The molecule has 4 rings (SSSR count). The van der Waals surface area contributed by atoms with Crippen molar-refractivity contribution in [2.24, 2.45) is 23.7 Å². The van der Waals surface area contributed by atoms with Crippen molar-refractivity contribution in [3.8, 4) is 0 Å². The van der Waals surface area contributed by atoms with E-state index in [0.29, 0.717) is 12.0 Å². The molecule has 0 aromatic rings. The SMILES string of the molecule is CC[C@@H]1OC(=O)C[C@H](O)[C@@H](C)[C@@H](O[C@@H]2O[C@H](C)[C@@H](O[C@H]3C[C@@](C)(O)[C@@H](O)[C@H](C)O3)[C@H](N(C)C)[C@H]2O)[C@@H](CC=O)C[C@@H](C)C(=O)/C=C/C(C)=C\[C@@H]1CO[C@H]1O[C@@H](C)[C@H](O)[C@H](OC)[C@@H]1OC. The number of nitrogens with zero attached hydrogens (tertiary/aromatic N) is 1. The van der Waals surface area contributed by atoms with Crippen molar-refractivity contribution in [3.05, 3.63) is 23.8 Å². The fraction of sp³-hybridized carbons (Fsp3) is 0.848. The van der Waals surface area contributed by atoms with Crippen LogP contribution in [0.15, 0.2) is 23.8 Å². The summed E-state index contributed by atoms with van der Waals surface area (Å²) in [5.74, 6) is -3.59. The molecule has 0 bridgehead atoms. The van der Waals surface area contributed by atoms with E-state index in [1.165, 1.54) is 27.2 Å². The second-order valence-electron chi connectivity index (χ2n) is 18.7. The first-order valence-electron chi connectivity index (χ1n) is 22.7. The number of likely N-dealkylation sites (N-methyl/N-ethyl adjacent to an activating group) is 1. The van der Waals surface area contributed by atoms with Gasteiger partial charge in [-0.15, -0.1) is 0 Å². The van der Waals surface area contributed by atoms with Crippen LogP contribution in [0.3, 0.4) is 0 Å². The molecule has 4 aliphatic rings. The molecule has 0 radical (unpaired) electrons. The number of esters is 1. The lowest BCUT2D eigenvalue weighted by atomic mass is 9.79. The van der Waals surface area contributed by atoms with E-state index in [1.54, 1.807) is 59.7 Å². The van der Waals surface area contributed by atoms with Gasteiger partial charge in [-0.3, -0.25) is 9.59 Å². The molecular weight excluding hydrogens is 838 g/mol. The summed E-state index contributed by atoms with van der Waals surface area (Å²) in [7, 11) is 6.43. The van der Waals surface area contributed by atoms with E-state index in [-0.39, 0.29) is 31.7 Å². The standard InChI is InChI=1S/C46H77NO17/c1-13-33-30(22-58-45-42(57-12)41(56-11)37(52)26(5)60-45)18-23(2)14-15-31(49)24(3)19-29(16-17-48)39(25(4)32(50)20-34(51)62-33)64-44-38(53)36(47(9)10)40(27(6)61-44)63-35-21-46(8,55)43(54)28(7)59-35/h14-15,17-18,24-30,32-33,35-45,50,52-55H,13,16,19-22H2,1-12H3/b15-14+,23-18-/t24-,25-,26+,27-,28+,29+,30-,32+,33+,35+,36-,37+,38-,39-,40-,41+,42+,43+,44+,45+,46-/m1/s1. The summed E-state index contributed by atoms with van der Waals surface area (Å²) in [5, 5.41) is 55.8. The Kier molecular flexibility index (Phi) is 20.5. The average Bonchev–Trinajstić information content (AvgIpc) is 3.23. The minimum Gasteiger partial charge on any atom is -0.462 e. The molecule has 18 heteroatoms. The quantitative estimate of drug-likeness (QED) is 0.131. The van der Waals surface area contributed by atoms with E-state index < -0.39 is 140 Å². The normalized spacial score (nSPS) is 45.9. The zero-order valence-corrected chi connectivity index (χ0v) is 39.7. The Hall–Kier alpha value is -2.27. The average molecular weight is 916 g/mol. The molecule has 0 aliphatic carbocycles. The van der Waals surface area contributed by atoms with E-state index >= 15 is 0 Å². The third kappa shape index (κ3) is 13.5. The highest BCUT2D eigenvalue weighted by Crippen LogP contribution is 2.37. The summed E-state index contributed by atoms with van der Waals surface area (Å²) >= 11 is 0. The van der Waals surface area contributed by atoms with Gasteiger partial charge in [0.05, 0.1) is 55.2 Å². The number of allylic oxidation sites excluding steroid dienone is 3. The highest BCUT2D eigenvalue weighted by molar-refractivity contribution is 5.91. The van der Waals surface area contributed by atoms with Crippen LogP contribution < -0.4 is 0 Å². The van der Waals surface area contributed by atoms with E-state index in [2.05, 4.69) is 0 Å². The minimum atomic E-state index is -1.49. The van der Waals surface area contributed by atoms with Gasteiger partial charge < -0.3 is 77.9 Å². The lowest BCUT2D eigenvalue weighted by Crippen LogP contribution is -2.65. The van der Waals surface area contributed by atoms with Crippen LogP contribution >= 0.6 is 0 Å². The number of aldehydes is 1. The van der Waals surface area contributed by atoms with Crippen molar-refractivity contribution >= 4 is 18.0 Å². The second-order valence-corrected chi connectivity index (χ2v) is 18.7. The molecule has 3 saturated heterocycles. The van der Waals surface area contributed by atoms with Gasteiger partial charge >= 0.3 is 5.97 Å². The maximum Gasteiger partial charge on any atom is 0.308 e. The number of ether oxygens (including phenoxy) is 9. The maximum absolute atomic E-state index is 13.8. The van der Waals surface area contributed by atoms with E-state index in [0.717, 1.165) is 6.29 Å². The Morgan fingerprint density at radius 3 is 2.11 bits per heavy atom. The number of aliphatic hydroxyl groups is 5. The Labute approximate surface area is 378 Å². The first-order chi connectivity index (χ1) is 30.1. The van der Waals surface area contributed by atoms with E-state index in [1.807, 2.05) is 19.9 Å². The third-order valence-electron chi connectivity index (χ3n) is 13.4. The predicted molar refractivity (Wildman–Crippen MR) is 230 cm³/mol. The molecule has 0 amide bonds. The molecule has 4 heterocycles. The molecule has 5 N–H and O–H groups in total. The van der Waals surface area contributed by atoms with Gasteiger partial charge in [0.15, 0.2) is 24.7 Å². The van der Waals surface area contributed by atoms with Crippen LogP contribution in [0.25, 0.3) is 0 Å². The largest absolute Gasteiger partial charge is 0.462 e. The number of methoxy groups -OCH3 is 2. The predicted octanol–water partition coefficient (Wildman–Crippen LogP) is 1.83. The number of rotatable bonds is 13.